The second-order valence-electron chi connectivity index (χ2n) is 6.23. The predicted molar refractivity (Wildman–Crippen MR) is 83.9 cm³/mol. The molecule has 116 valence electrons. The molecule has 4 nitrogen and oxygen atoms in total. The molecule has 0 spiro atoms. The van der Waals surface area contributed by atoms with E-state index < -0.39 is 0 Å². The van der Waals surface area contributed by atoms with Gasteiger partial charge in [-0.3, -0.25) is 4.79 Å². The summed E-state index contributed by atoms with van der Waals surface area (Å²) in [5.41, 5.74) is 8.63. The summed E-state index contributed by atoms with van der Waals surface area (Å²) in [6.07, 6.45) is 1.49. The Morgan fingerprint density at radius 2 is 2.00 bits per heavy atom. The van der Waals surface area contributed by atoms with Gasteiger partial charge in [-0.15, -0.1) is 0 Å². The first-order valence-electron chi connectivity index (χ1n) is 7.65. The Morgan fingerprint density at radius 1 is 1.33 bits per heavy atom. The fourth-order valence-corrected chi connectivity index (χ4v) is 3.02. The normalized spacial score (nSPS) is 22.3. The molecule has 1 aromatic rings. The number of nitrogens with zero attached hydrogens (tertiary/aromatic N) is 1. The lowest BCUT2D eigenvalue weighted by Crippen LogP contribution is -2.35. The van der Waals surface area contributed by atoms with Crippen LogP contribution in [0.5, 0.6) is 0 Å². The van der Waals surface area contributed by atoms with Crippen LogP contribution >= 0.6 is 0 Å². The van der Waals surface area contributed by atoms with Crippen LogP contribution in [0.1, 0.15) is 37.4 Å². The molecule has 0 radical (unpaired) electrons. The molecule has 1 aromatic carbocycles. The Morgan fingerprint density at radius 3 is 2.57 bits per heavy atom. The van der Waals surface area contributed by atoms with Crippen molar-refractivity contribution in [3.8, 4) is 0 Å². The Bertz CT molecular complexity index is 470. The van der Waals surface area contributed by atoms with Gasteiger partial charge in [0.05, 0.1) is 12.6 Å². The highest BCUT2D eigenvalue weighted by atomic mass is 16.5. The van der Waals surface area contributed by atoms with Gasteiger partial charge in [-0.2, -0.15) is 0 Å². The summed E-state index contributed by atoms with van der Waals surface area (Å²) < 4.78 is 5.10. The third-order valence-electron chi connectivity index (χ3n) is 3.97. The van der Waals surface area contributed by atoms with Crippen LogP contribution in [0.25, 0.3) is 0 Å². The average Bonchev–Trinajstić information content (AvgIpc) is 2.71. The van der Waals surface area contributed by atoms with Crippen LogP contribution < -0.4 is 5.73 Å². The molecule has 0 aliphatic carbocycles. The standard InChI is InChI=1S/C17H26N2O2/c1-12(2)10-13-4-6-14(7-5-13)17-15(18)11-16(20)19(17)8-9-21-3/h4-7,12,15,17H,8-11,18H2,1-3H3. The summed E-state index contributed by atoms with van der Waals surface area (Å²) in [5.74, 6) is 0.764. The Labute approximate surface area is 127 Å². The maximum Gasteiger partial charge on any atom is 0.224 e. The largest absolute Gasteiger partial charge is 0.383 e. The number of amides is 1. The Kier molecular flexibility index (Phi) is 5.37. The number of likely N-dealkylation sites (tertiary alicyclic amines) is 1. The van der Waals surface area contributed by atoms with E-state index in [2.05, 4.69) is 38.1 Å². The maximum absolute atomic E-state index is 12.1. The summed E-state index contributed by atoms with van der Waals surface area (Å²) in [7, 11) is 1.65. The van der Waals surface area contributed by atoms with Crippen molar-refractivity contribution < 1.29 is 9.53 Å². The van der Waals surface area contributed by atoms with Gasteiger partial charge in [0.15, 0.2) is 0 Å². The van der Waals surface area contributed by atoms with Crippen molar-refractivity contribution in [3.63, 3.8) is 0 Å². The summed E-state index contributed by atoms with van der Waals surface area (Å²) >= 11 is 0. The van der Waals surface area contributed by atoms with Gasteiger partial charge in [0.1, 0.15) is 0 Å². The molecule has 0 saturated carbocycles. The van der Waals surface area contributed by atoms with Crippen molar-refractivity contribution in [2.24, 2.45) is 11.7 Å². The summed E-state index contributed by atoms with van der Waals surface area (Å²) in [4.78, 5) is 13.9. The second-order valence-corrected chi connectivity index (χ2v) is 6.23. The van der Waals surface area contributed by atoms with Gasteiger partial charge in [0, 0.05) is 26.1 Å². The van der Waals surface area contributed by atoms with Crippen LogP contribution in [0.4, 0.5) is 0 Å². The van der Waals surface area contributed by atoms with Gasteiger partial charge in [0.25, 0.3) is 0 Å². The van der Waals surface area contributed by atoms with Crippen LogP contribution in [0.2, 0.25) is 0 Å². The zero-order valence-electron chi connectivity index (χ0n) is 13.2. The maximum atomic E-state index is 12.1. The molecule has 1 heterocycles. The fraction of sp³-hybridized carbons (Fsp3) is 0.588. The summed E-state index contributed by atoms with van der Waals surface area (Å²) in [5, 5.41) is 0. The molecule has 1 amide bonds. The van der Waals surface area contributed by atoms with Gasteiger partial charge in [-0.05, 0) is 23.5 Å². The van der Waals surface area contributed by atoms with Crippen LogP contribution in [-0.2, 0) is 16.0 Å². The number of methoxy groups -OCH3 is 1. The van der Waals surface area contributed by atoms with E-state index >= 15 is 0 Å². The van der Waals surface area contributed by atoms with E-state index in [4.69, 9.17) is 10.5 Å². The van der Waals surface area contributed by atoms with Crippen molar-refractivity contribution in [2.75, 3.05) is 20.3 Å². The van der Waals surface area contributed by atoms with Gasteiger partial charge < -0.3 is 15.4 Å². The number of carbonyl (C=O) groups excluding carboxylic acids is 1. The Balaban J connectivity index is 2.15. The van der Waals surface area contributed by atoms with Crippen LogP contribution in [0.3, 0.4) is 0 Å². The quantitative estimate of drug-likeness (QED) is 0.873. The lowest BCUT2D eigenvalue weighted by Gasteiger charge is -2.27. The second kappa shape index (κ2) is 7.05. The fourth-order valence-electron chi connectivity index (χ4n) is 3.02. The molecule has 0 bridgehead atoms. The minimum absolute atomic E-state index is 0.0271. The zero-order chi connectivity index (χ0) is 15.4. The van der Waals surface area contributed by atoms with E-state index in [1.807, 2.05) is 4.90 Å². The van der Waals surface area contributed by atoms with E-state index in [1.54, 1.807) is 7.11 Å². The molecule has 21 heavy (non-hydrogen) atoms. The number of carbonyl (C=O) groups is 1. The van der Waals surface area contributed by atoms with Crippen molar-refractivity contribution >= 4 is 5.91 Å². The van der Waals surface area contributed by atoms with Crippen molar-refractivity contribution in [1.82, 2.24) is 4.90 Å². The lowest BCUT2D eigenvalue weighted by molar-refractivity contribution is -0.129. The molecular weight excluding hydrogens is 264 g/mol. The molecular formula is C17H26N2O2. The van der Waals surface area contributed by atoms with Gasteiger partial charge in [-0.25, -0.2) is 0 Å². The van der Waals surface area contributed by atoms with Gasteiger partial charge in [-0.1, -0.05) is 38.1 Å². The van der Waals surface area contributed by atoms with Crippen LogP contribution in [0.15, 0.2) is 24.3 Å². The molecule has 4 heteroatoms. The van der Waals surface area contributed by atoms with E-state index in [0.717, 1.165) is 12.0 Å². The first kappa shape index (κ1) is 16.0. The number of hydrogen-bond acceptors (Lipinski definition) is 3. The number of benzene rings is 1. The monoisotopic (exact) mass is 290 g/mol. The first-order chi connectivity index (χ1) is 10.0. The summed E-state index contributed by atoms with van der Waals surface area (Å²) in [6.45, 7) is 5.57. The molecule has 2 rings (SSSR count). The molecule has 1 saturated heterocycles. The summed E-state index contributed by atoms with van der Waals surface area (Å²) in [6, 6.07) is 8.37. The minimum atomic E-state index is -0.134. The zero-order valence-corrected chi connectivity index (χ0v) is 13.2. The molecule has 1 aliphatic rings. The lowest BCUT2D eigenvalue weighted by atomic mass is 9.97. The van der Waals surface area contributed by atoms with Crippen LogP contribution in [0, 0.1) is 5.92 Å². The van der Waals surface area contributed by atoms with Crippen molar-refractivity contribution in [3.05, 3.63) is 35.4 Å². The minimum Gasteiger partial charge on any atom is -0.383 e. The number of rotatable bonds is 6. The molecule has 1 aliphatic heterocycles. The number of hydrogen-bond donors (Lipinski definition) is 1. The van der Waals surface area contributed by atoms with Gasteiger partial charge in [0.2, 0.25) is 5.91 Å². The third-order valence-corrected chi connectivity index (χ3v) is 3.97. The van der Waals surface area contributed by atoms with Crippen molar-refractivity contribution in [2.45, 2.75) is 38.8 Å². The third kappa shape index (κ3) is 3.83. The van der Waals surface area contributed by atoms with E-state index in [-0.39, 0.29) is 18.0 Å². The molecule has 2 unspecified atom stereocenters. The first-order valence-corrected chi connectivity index (χ1v) is 7.65. The SMILES string of the molecule is COCCN1C(=O)CC(N)C1c1ccc(CC(C)C)cc1. The highest BCUT2D eigenvalue weighted by molar-refractivity contribution is 5.80. The molecule has 2 N–H and O–H groups in total. The molecule has 2 atom stereocenters. The van der Waals surface area contributed by atoms with Gasteiger partial charge >= 0.3 is 0 Å². The smallest absolute Gasteiger partial charge is 0.224 e. The molecule has 1 fully saturated rings. The average molecular weight is 290 g/mol. The predicted octanol–water partition coefficient (Wildman–Crippen LogP) is 2.13. The number of ether oxygens (including phenoxy) is 1. The highest BCUT2D eigenvalue weighted by Crippen LogP contribution is 2.32. The van der Waals surface area contributed by atoms with E-state index in [0.29, 0.717) is 25.5 Å². The number of nitrogens with two attached hydrogens (primary N) is 1. The van der Waals surface area contributed by atoms with Crippen LogP contribution in [-0.4, -0.2) is 37.1 Å². The van der Waals surface area contributed by atoms with Crippen molar-refractivity contribution in [1.29, 1.82) is 0 Å². The topological polar surface area (TPSA) is 55.6 Å². The highest BCUT2D eigenvalue weighted by Gasteiger charge is 2.38. The Hall–Kier alpha value is -1.39. The molecule has 0 aromatic heterocycles. The van der Waals surface area contributed by atoms with E-state index in [9.17, 15) is 4.79 Å². The van der Waals surface area contributed by atoms with E-state index in [1.165, 1.54) is 5.56 Å².